The quantitative estimate of drug-likeness (QED) is 0.597. The summed E-state index contributed by atoms with van der Waals surface area (Å²) < 4.78 is 5.64. The molecule has 162 valence electrons. The lowest BCUT2D eigenvalue weighted by molar-refractivity contribution is -0.115. The van der Waals surface area contributed by atoms with Gasteiger partial charge in [0.25, 0.3) is 0 Å². The van der Waals surface area contributed by atoms with Crippen molar-refractivity contribution >= 4 is 17.6 Å². The van der Waals surface area contributed by atoms with Crippen LogP contribution in [0.5, 0.6) is 5.75 Å². The molecular formula is C24H33N3O3. The molecule has 6 nitrogen and oxygen atoms in total. The number of benzene rings is 2. The van der Waals surface area contributed by atoms with Gasteiger partial charge in [0.2, 0.25) is 5.91 Å². The monoisotopic (exact) mass is 411 g/mol. The lowest BCUT2D eigenvalue weighted by Crippen LogP contribution is -2.41. The predicted octanol–water partition coefficient (Wildman–Crippen LogP) is 4.23. The first-order chi connectivity index (χ1) is 14.1. The largest absolute Gasteiger partial charge is 0.492 e. The Labute approximate surface area is 179 Å². The van der Waals surface area contributed by atoms with E-state index in [4.69, 9.17) is 4.74 Å². The van der Waals surface area contributed by atoms with Gasteiger partial charge in [-0.15, -0.1) is 0 Å². The highest BCUT2D eigenvalue weighted by molar-refractivity contribution is 5.95. The maximum Gasteiger partial charge on any atom is 0.315 e. The van der Waals surface area contributed by atoms with Crippen LogP contribution >= 0.6 is 0 Å². The lowest BCUT2D eigenvalue weighted by atomic mass is 9.87. The number of ether oxygens (including phenoxy) is 1. The number of carbonyl (C=O) groups excluding carboxylic acids is 2. The molecule has 0 bridgehead atoms. The third-order valence-corrected chi connectivity index (χ3v) is 4.73. The Morgan fingerprint density at radius 2 is 1.53 bits per heavy atom. The summed E-state index contributed by atoms with van der Waals surface area (Å²) in [6, 6.07) is 11.6. The van der Waals surface area contributed by atoms with Gasteiger partial charge in [-0.25, -0.2) is 4.79 Å². The van der Waals surface area contributed by atoms with Crippen molar-refractivity contribution in [2.45, 2.75) is 47.0 Å². The summed E-state index contributed by atoms with van der Waals surface area (Å²) in [5.41, 5.74) is 5.27. The second-order valence-electron chi connectivity index (χ2n) is 8.55. The van der Waals surface area contributed by atoms with E-state index in [9.17, 15) is 9.59 Å². The fourth-order valence-corrected chi connectivity index (χ4v) is 3.17. The Morgan fingerprint density at radius 3 is 2.10 bits per heavy atom. The van der Waals surface area contributed by atoms with Gasteiger partial charge in [-0.05, 0) is 55.0 Å². The van der Waals surface area contributed by atoms with E-state index in [1.165, 1.54) is 5.56 Å². The molecule has 0 heterocycles. The van der Waals surface area contributed by atoms with Gasteiger partial charge in [0.05, 0.1) is 13.1 Å². The van der Waals surface area contributed by atoms with E-state index in [0.717, 1.165) is 28.1 Å². The molecule has 0 atom stereocenters. The Morgan fingerprint density at radius 1 is 0.933 bits per heavy atom. The number of carbonyl (C=O) groups is 2. The first-order valence-electron chi connectivity index (χ1n) is 10.2. The summed E-state index contributed by atoms with van der Waals surface area (Å²) in [6.07, 6.45) is 0. The number of hydrogen-bond acceptors (Lipinski definition) is 3. The number of anilines is 1. The van der Waals surface area contributed by atoms with E-state index < -0.39 is 6.03 Å². The molecule has 6 heteroatoms. The zero-order valence-electron chi connectivity index (χ0n) is 18.8. The molecule has 0 radical (unpaired) electrons. The number of amides is 3. The van der Waals surface area contributed by atoms with Crippen LogP contribution in [0.2, 0.25) is 0 Å². The van der Waals surface area contributed by atoms with Crippen molar-refractivity contribution in [1.82, 2.24) is 10.6 Å². The second kappa shape index (κ2) is 10.1. The van der Waals surface area contributed by atoms with Crippen LogP contribution in [0.25, 0.3) is 0 Å². The highest BCUT2D eigenvalue weighted by Gasteiger charge is 2.13. The second-order valence-corrected chi connectivity index (χ2v) is 8.55. The molecule has 2 aromatic carbocycles. The number of aryl methyl sites for hydroxylation is 3. The first kappa shape index (κ1) is 23.3. The molecular weight excluding hydrogens is 378 g/mol. The summed E-state index contributed by atoms with van der Waals surface area (Å²) in [5, 5.41) is 8.10. The van der Waals surface area contributed by atoms with Crippen LogP contribution in [-0.4, -0.2) is 31.6 Å². The molecule has 0 aliphatic heterocycles. The van der Waals surface area contributed by atoms with Crippen LogP contribution in [0.4, 0.5) is 10.5 Å². The van der Waals surface area contributed by atoms with Crippen molar-refractivity contribution in [2.24, 2.45) is 0 Å². The molecule has 0 aliphatic carbocycles. The number of nitrogens with one attached hydrogen (secondary N) is 3. The summed E-state index contributed by atoms with van der Waals surface area (Å²) >= 11 is 0. The van der Waals surface area contributed by atoms with Crippen LogP contribution in [0.3, 0.4) is 0 Å². The maximum absolute atomic E-state index is 12.1. The SMILES string of the molecule is Cc1cc(C)c(NC(=O)CNC(=O)NCCOc2ccc(C(C)(C)C)cc2)c(C)c1. The topological polar surface area (TPSA) is 79.5 Å². The van der Waals surface area contributed by atoms with Gasteiger partial charge in [0.1, 0.15) is 12.4 Å². The molecule has 0 saturated heterocycles. The fourth-order valence-electron chi connectivity index (χ4n) is 3.17. The minimum Gasteiger partial charge on any atom is -0.492 e. The van der Waals surface area contributed by atoms with E-state index in [0.29, 0.717) is 13.2 Å². The van der Waals surface area contributed by atoms with Gasteiger partial charge in [0, 0.05) is 5.69 Å². The number of urea groups is 1. The van der Waals surface area contributed by atoms with Crippen LogP contribution in [0.1, 0.15) is 43.0 Å². The average Bonchev–Trinajstić information content (AvgIpc) is 2.66. The van der Waals surface area contributed by atoms with E-state index in [1.807, 2.05) is 57.2 Å². The molecule has 0 aliphatic rings. The smallest absolute Gasteiger partial charge is 0.315 e. The van der Waals surface area contributed by atoms with Crippen molar-refractivity contribution in [3.05, 3.63) is 58.7 Å². The average molecular weight is 412 g/mol. The number of rotatable bonds is 7. The van der Waals surface area contributed by atoms with E-state index in [1.54, 1.807) is 0 Å². The number of hydrogen-bond donors (Lipinski definition) is 3. The molecule has 2 rings (SSSR count). The van der Waals surface area contributed by atoms with Gasteiger partial charge in [-0.2, -0.15) is 0 Å². The van der Waals surface area contributed by atoms with Crippen molar-refractivity contribution in [3.8, 4) is 5.75 Å². The van der Waals surface area contributed by atoms with E-state index in [2.05, 4.69) is 36.7 Å². The molecule has 3 amide bonds. The molecule has 0 unspecified atom stereocenters. The van der Waals surface area contributed by atoms with Crippen molar-refractivity contribution in [1.29, 1.82) is 0 Å². The van der Waals surface area contributed by atoms with Crippen molar-refractivity contribution < 1.29 is 14.3 Å². The zero-order chi connectivity index (χ0) is 22.3. The molecule has 0 saturated carbocycles. The Bertz CT molecular complexity index is 861. The van der Waals surface area contributed by atoms with Gasteiger partial charge >= 0.3 is 6.03 Å². The third kappa shape index (κ3) is 7.10. The third-order valence-electron chi connectivity index (χ3n) is 4.73. The summed E-state index contributed by atoms with van der Waals surface area (Å²) in [6.45, 7) is 13.0. The highest BCUT2D eigenvalue weighted by atomic mass is 16.5. The van der Waals surface area contributed by atoms with Crippen LogP contribution in [0.15, 0.2) is 36.4 Å². The van der Waals surface area contributed by atoms with Gasteiger partial charge in [-0.3, -0.25) is 4.79 Å². The van der Waals surface area contributed by atoms with Gasteiger partial charge in [-0.1, -0.05) is 50.6 Å². The standard InChI is InChI=1S/C24H33N3O3/c1-16-13-17(2)22(18(3)14-16)27-21(28)15-26-23(29)25-11-12-30-20-9-7-19(8-10-20)24(4,5)6/h7-10,13-14H,11-12,15H2,1-6H3,(H,27,28)(H2,25,26,29). The van der Waals surface area contributed by atoms with Gasteiger partial charge < -0.3 is 20.7 Å². The molecule has 2 aromatic rings. The van der Waals surface area contributed by atoms with Crippen molar-refractivity contribution in [3.63, 3.8) is 0 Å². The first-order valence-corrected chi connectivity index (χ1v) is 10.2. The van der Waals surface area contributed by atoms with Crippen LogP contribution < -0.4 is 20.7 Å². The van der Waals surface area contributed by atoms with Gasteiger partial charge in [0.15, 0.2) is 0 Å². The maximum atomic E-state index is 12.1. The zero-order valence-corrected chi connectivity index (χ0v) is 18.8. The minimum atomic E-state index is -0.408. The molecule has 3 N–H and O–H groups in total. The minimum absolute atomic E-state index is 0.0985. The molecule has 30 heavy (non-hydrogen) atoms. The van der Waals surface area contributed by atoms with E-state index >= 15 is 0 Å². The van der Waals surface area contributed by atoms with Crippen molar-refractivity contribution in [2.75, 3.05) is 25.0 Å². The molecule has 0 spiro atoms. The Kier molecular flexibility index (Phi) is 7.86. The lowest BCUT2D eigenvalue weighted by Gasteiger charge is -2.19. The molecule has 0 fully saturated rings. The normalized spacial score (nSPS) is 11.0. The van der Waals surface area contributed by atoms with Crippen LogP contribution in [0, 0.1) is 20.8 Å². The molecule has 0 aromatic heterocycles. The summed E-state index contributed by atoms with van der Waals surface area (Å²) in [7, 11) is 0. The summed E-state index contributed by atoms with van der Waals surface area (Å²) in [5.74, 6) is 0.490. The predicted molar refractivity (Wildman–Crippen MR) is 121 cm³/mol. The van der Waals surface area contributed by atoms with Crippen LogP contribution in [-0.2, 0) is 10.2 Å². The Balaban J connectivity index is 1.68. The Hall–Kier alpha value is -3.02. The van der Waals surface area contributed by atoms with E-state index in [-0.39, 0.29) is 17.9 Å². The fraction of sp³-hybridized carbons (Fsp3) is 0.417. The highest BCUT2D eigenvalue weighted by Crippen LogP contribution is 2.24. The summed E-state index contributed by atoms with van der Waals surface area (Å²) in [4.78, 5) is 24.0.